The fourth-order valence-electron chi connectivity index (χ4n) is 3.82. The van der Waals surface area contributed by atoms with E-state index in [2.05, 4.69) is 40.5 Å². The molecule has 1 saturated heterocycles. The number of hydrogen-bond acceptors (Lipinski definition) is 5. The van der Waals surface area contributed by atoms with Gasteiger partial charge >= 0.3 is 0 Å². The summed E-state index contributed by atoms with van der Waals surface area (Å²) < 4.78 is 0. The summed E-state index contributed by atoms with van der Waals surface area (Å²) in [5, 5.41) is 8.15. The molecule has 0 aliphatic carbocycles. The highest BCUT2D eigenvalue weighted by molar-refractivity contribution is 6.42. The van der Waals surface area contributed by atoms with Gasteiger partial charge in [-0.2, -0.15) is 0 Å². The zero-order chi connectivity index (χ0) is 22.7. The number of fused-ring (bicyclic) bond motifs is 1. The van der Waals surface area contributed by atoms with Crippen molar-refractivity contribution in [2.24, 2.45) is 0 Å². The van der Waals surface area contributed by atoms with Gasteiger partial charge in [-0.1, -0.05) is 23.2 Å². The molecule has 2 N–H and O–H groups in total. The molecular weight excluding hydrogens is 445 g/mol. The second kappa shape index (κ2) is 10.0. The number of aryl methyl sites for hydroxylation is 1. The van der Waals surface area contributed by atoms with Crippen LogP contribution in [0.2, 0.25) is 10.0 Å². The van der Waals surface area contributed by atoms with Gasteiger partial charge in [-0.15, -0.1) is 0 Å². The van der Waals surface area contributed by atoms with Crippen LogP contribution >= 0.6 is 23.2 Å². The molecule has 3 aromatic rings. The molecule has 1 amide bonds. The molecule has 6 nitrogen and oxygen atoms in total. The van der Waals surface area contributed by atoms with Crippen LogP contribution in [0.25, 0.3) is 10.9 Å². The summed E-state index contributed by atoms with van der Waals surface area (Å²) >= 11 is 12.0. The van der Waals surface area contributed by atoms with E-state index in [0.717, 1.165) is 61.6 Å². The van der Waals surface area contributed by atoms with Crippen LogP contribution in [0, 0.1) is 6.92 Å². The van der Waals surface area contributed by atoms with E-state index in [4.69, 9.17) is 28.2 Å². The van der Waals surface area contributed by atoms with Gasteiger partial charge in [-0.3, -0.25) is 9.69 Å². The van der Waals surface area contributed by atoms with Crippen LogP contribution in [0.5, 0.6) is 0 Å². The molecule has 0 atom stereocenters. The highest BCUT2D eigenvalue weighted by Gasteiger charge is 2.13. The van der Waals surface area contributed by atoms with Crippen molar-refractivity contribution in [1.82, 2.24) is 14.8 Å². The highest BCUT2D eigenvalue weighted by Crippen LogP contribution is 2.26. The van der Waals surface area contributed by atoms with Crippen molar-refractivity contribution in [2.45, 2.75) is 6.92 Å². The maximum absolute atomic E-state index is 12.6. The fraction of sp³-hybridized carbons (Fsp3) is 0.333. The lowest BCUT2D eigenvalue weighted by atomic mass is 10.1. The topological polar surface area (TPSA) is 60.5 Å². The number of anilines is 2. The molecule has 32 heavy (non-hydrogen) atoms. The van der Waals surface area contributed by atoms with E-state index in [1.807, 2.05) is 18.2 Å². The molecule has 1 aromatic heterocycles. The maximum Gasteiger partial charge on any atom is 0.255 e. The summed E-state index contributed by atoms with van der Waals surface area (Å²) in [6.07, 6.45) is 0. The Morgan fingerprint density at radius 1 is 1.03 bits per heavy atom. The number of piperazine rings is 1. The summed E-state index contributed by atoms with van der Waals surface area (Å²) in [4.78, 5) is 22.2. The zero-order valence-corrected chi connectivity index (χ0v) is 19.8. The number of benzene rings is 2. The van der Waals surface area contributed by atoms with Gasteiger partial charge in [0.25, 0.3) is 5.91 Å². The minimum absolute atomic E-state index is 0.240. The molecule has 0 unspecified atom stereocenters. The van der Waals surface area contributed by atoms with E-state index in [9.17, 15) is 4.79 Å². The van der Waals surface area contributed by atoms with Crippen molar-refractivity contribution in [2.75, 3.05) is 56.9 Å². The largest absolute Gasteiger partial charge is 0.369 e. The van der Waals surface area contributed by atoms with Gasteiger partial charge in [0.15, 0.2) is 0 Å². The van der Waals surface area contributed by atoms with Gasteiger partial charge in [0.1, 0.15) is 5.82 Å². The number of carbonyl (C=O) groups is 1. The number of aromatic nitrogens is 1. The van der Waals surface area contributed by atoms with E-state index >= 15 is 0 Å². The van der Waals surface area contributed by atoms with Crippen LogP contribution in [-0.4, -0.2) is 67.0 Å². The molecule has 168 valence electrons. The smallest absolute Gasteiger partial charge is 0.255 e. The minimum atomic E-state index is -0.240. The number of nitrogens with one attached hydrogen (secondary N) is 2. The number of likely N-dealkylation sites (N-methyl/N-ethyl adjacent to an activating group) is 1. The number of halogens is 2. The van der Waals surface area contributed by atoms with Crippen molar-refractivity contribution in [1.29, 1.82) is 0 Å². The third-order valence-electron chi connectivity index (χ3n) is 5.79. The summed E-state index contributed by atoms with van der Waals surface area (Å²) in [5.41, 5.74) is 3.14. The molecule has 0 saturated carbocycles. The first kappa shape index (κ1) is 22.8. The Kier molecular flexibility index (Phi) is 7.16. The molecule has 0 radical (unpaired) electrons. The van der Waals surface area contributed by atoms with Crippen LogP contribution in [0.3, 0.4) is 0 Å². The van der Waals surface area contributed by atoms with E-state index in [-0.39, 0.29) is 5.91 Å². The zero-order valence-electron chi connectivity index (χ0n) is 18.3. The maximum atomic E-state index is 12.6. The molecule has 1 aliphatic rings. The molecular formula is C24H27Cl2N5O. The number of rotatable bonds is 6. The Balaban J connectivity index is 1.41. The van der Waals surface area contributed by atoms with Crippen LogP contribution in [0.15, 0.2) is 42.5 Å². The molecule has 4 rings (SSSR count). The first-order valence-corrected chi connectivity index (χ1v) is 11.5. The van der Waals surface area contributed by atoms with Crippen molar-refractivity contribution in [3.8, 4) is 0 Å². The van der Waals surface area contributed by atoms with Crippen LogP contribution in [-0.2, 0) is 0 Å². The van der Waals surface area contributed by atoms with Crippen LogP contribution < -0.4 is 10.6 Å². The summed E-state index contributed by atoms with van der Waals surface area (Å²) in [5.74, 6) is 0.632. The first-order chi connectivity index (χ1) is 15.4. The van der Waals surface area contributed by atoms with Crippen LogP contribution in [0.1, 0.15) is 15.9 Å². The van der Waals surface area contributed by atoms with Gasteiger partial charge in [0, 0.05) is 55.9 Å². The minimum Gasteiger partial charge on any atom is -0.369 e. The Hall–Kier alpha value is -2.38. The number of carbonyl (C=O) groups excluding carboxylic acids is 1. The second-order valence-electron chi connectivity index (χ2n) is 8.21. The van der Waals surface area contributed by atoms with Gasteiger partial charge in [0.05, 0.1) is 15.6 Å². The van der Waals surface area contributed by atoms with E-state index in [1.54, 1.807) is 18.2 Å². The second-order valence-corrected chi connectivity index (χ2v) is 9.03. The first-order valence-electron chi connectivity index (χ1n) is 10.7. The lowest BCUT2D eigenvalue weighted by Crippen LogP contribution is -2.45. The molecule has 1 fully saturated rings. The molecule has 2 aromatic carbocycles. The molecule has 1 aliphatic heterocycles. The molecule has 8 heteroatoms. The standard InChI is InChI=1S/C24H27Cl2N5O/c1-16-13-23(27-7-8-31-11-9-30(2)10-12-31)29-22-6-4-18(15-19(16)22)28-24(32)17-3-5-20(25)21(26)14-17/h3-6,13-15H,7-12H2,1-2H3,(H,27,29)(H,28,32). The Bertz CT molecular complexity index is 1130. The number of nitrogens with zero attached hydrogens (tertiary/aromatic N) is 3. The Morgan fingerprint density at radius 2 is 1.81 bits per heavy atom. The van der Waals surface area contributed by atoms with Crippen molar-refractivity contribution < 1.29 is 4.79 Å². The average Bonchev–Trinajstić information content (AvgIpc) is 2.77. The number of amides is 1. The number of pyridine rings is 1. The van der Waals surface area contributed by atoms with Gasteiger partial charge in [0.2, 0.25) is 0 Å². The Labute approximate surface area is 198 Å². The fourth-order valence-corrected chi connectivity index (χ4v) is 4.11. The highest BCUT2D eigenvalue weighted by atomic mass is 35.5. The van der Waals surface area contributed by atoms with E-state index in [0.29, 0.717) is 21.3 Å². The molecule has 0 bridgehead atoms. The molecule has 0 spiro atoms. The van der Waals surface area contributed by atoms with Crippen molar-refractivity contribution in [3.05, 3.63) is 63.6 Å². The predicted octanol–water partition coefficient (Wildman–Crippen LogP) is 4.76. The quantitative estimate of drug-likeness (QED) is 0.542. The van der Waals surface area contributed by atoms with Gasteiger partial charge in [-0.25, -0.2) is 4.98 Å². The monoisotopic (exact) mass is 471 g/mol. The average molecular weight is 472 g/mol. The van der Waals surface area contributed by atoms with E-state index in [1.165, 1.54) is 0 Å². The summed E-state index contributed by atoms with van der Waals surface area (Å²) in [6, 6.07) is 12.6. The SMILES string of the molecule is Cc1cc(NCCN2CCN(C)CC2)nc2ccc(NC(=O)c3ccc(Cl)c(Cl)c3)cc12. The summed E-state index contributed by atoms with van der Waals surface area (Å²) in [6.45, 7) is 8.39. The van der Waals surface area contributed by atoms with E-state index < -0.39 is 0 Å². The summed E-state index contributed by atoms with van der Waals surface area (Å²) in [7, 11) is 2.17. The third kappa shape index (κ3) is 5.51. The Morgan fingerprint density at radius 3 is 2.56 bits per heavy atom. The predicted molar refractivity (Wildman–Crippen MR) is 133 cm³/mol. The normalized spacial score (nSPS) is 15.1. The third-order valence-corrected chi connectivity index (χ3v) is 6.52. The number of hydrogen-bond donors (Lipinski definition) is 2. The van der Waals surface area contributed by atoms with Crippen molar-refractivity contribution in [3.63, 3.8) is 0 Å². The molecule has 2 heterocycles. The lowest BCUT2D eigenvalue weighted by molar-refractivity contribution is 0.102. The van der Waals surface area contributed by atoms with Gasteiger partial charge < -0.3 is 15.5 Å². The van der Waals surface area contributed by atoms with Gasteiger partial charge in [-0.05, 0) is 62.0 Å². The van der Waals surface area contributed by atoms with Crippen molar-refractivity contribution >= 4 is 51.5 Å². The lowest BCUT2D eigenvalue weighted by Gasteiger charge is -2.32. The van der Waals surface area contributed by atoms with Crippen LogP contribution in [0.4, 0.5) is 11.5 Å².